The SMILES string of the molecule is c1ccc(COC2OC(COC(c3ccccc3)(c3ccccc3)c3ccccc3)C(OCc3ccccc3)C(OCc3ccccc3)C2OCc2ccccc2)cc1. The normalized spacial score (nSPS) is 19.3. The van der Waals surface area contributed by atoms with E-state index in [0.29, 0.717) is 26.4 Å². The number of hydrogen-bond donors (Lipinski definition) is 0. The van der Waals surface area contributed by atoms with Crippen LogP contribution in [0, 0.1) is 0 Å². The summed E-state index contributed by atoms with van der Waals surface area (Å²) in [5, 5.41) is 0. The summed E-state index contributed by atoms with van der Waals surface area (Å²) < 4.78 is 42.2. The first kappa shape index (κ1) is 40.1. The summed E-state index contributed by atoms with van der Waals surface area (Å²) in [4.78, 5) is 0. The quantitative estimate of drug-likeness (QED) is 0.0808. The first-order valence-corrected chi connectivity index (χ1v) is 20.3. The van der Waals surface area contributed by atoms with E-state index in [1.54, 1.807) is 0 Å². The molecule has 7 aromatic carbocycles. The van der Waals surface area contributed by atoms with E-state index in [4.69, 9.17) is 28.4 Å². The molecule has 5 unspecified atom stereocenters. The highest BCUT2D eigenvalue weighted by Gasteiger charge is 2.50. The zero-order valence-corrected chi connectivity index (χ0v) is 33.1. The van der Waals surface area contributed by atoms with Crippen molar-refractivity contribution in [3.8, 4) is 0 Å². The molecule has 0 saturated carbocycles. The van der Waals surface area contributed by atoms with Gasteiger partial charge in [-0.25, -0.2) is 0 Å². The summed E-state index contributed by atoms with van der Waals surface area (Å²) in [5.74, 6) is 0. The Bertz CT molecular complexity index is 2130. The van der Waals surface area contributed by atoms with E-state index in [1.807, 2.05) is 103 Å². The molecule has 0 aromatic heterocycles. The minimum atomic E-state index is -0.988. The van der Waals surface area contributed by atoms with Gasteiger partial charge in [0.2, 0.25) is 0 Å². The third kappa shape index (κ3) is 10.1. The van der Waals surface area contributed by atoms with Gasteiger partial charge < -0.3 is 28.4 Å². The molecule has 6 heteroatoms. The van der Waals surface area contributed by atoms with Crippen LogP contribution in [0.2, 0.25) is 0 Å². The van der Waals surface area contributed by atoms with Crippen LogP contribution in [-0.2, 0) is 60.4 Å². The number of rotatable bonds is 18. The maximum atomic E-state index is 7.44. The minimum absolute atomic E-state index is 0.139. The Morgan fingerprint density at radius 3 is 1.02 bits per heavy atom. The lowest BCUT2D eigenvalue weighted by Gasteiger charge is -2.47. The maximum Gasteiger partial charge on any atom is 0.187 e. The van der Waals surface area contributed by atoms with Gasteiger partial charge in [0.1, 0.15) is 30.0 Å². The zero-order valence-electron chi connectivity index (χ0n) is 33.1. The Labute approximate surface area is 347 Å². The Balaban J connectivity index is 1.20. The van der Waals surface area contributed by atoms with Gasteiger partial charge in [-0.2, -0.15) is 0 Å². The summed E-state index contributed by atoms with van der Waals surface area (Å²) in [5.41, 5.74) is 6.11. The number of benzene rings is 7. The summed E-state index contributed by atoms with van der Waals surface area (Å²) in [7, 11) is 0. The summed E-state index contributed by atoms with van der Waals surface area (Å²) >= 11 is 0. The molecule has 1 aliphatic rings. The van der Waals surface area contributed by atoms with Gasteiger partial charge in [0.05, 0.1) is 33.0 Å². The largest absolute Gasteiger partial charge is 0.368 e. The second-order valence-corrected chi connectivity index (χ2v) is 14.7. The lowest BCUT2D eigenvalue weighted by Crippen LogP contribution is -2.62. The lowest BCUT2D eigenvalue weighted by atomic mass is 9.80. The highest BCUT2D eigenvalue weighted by atomic mass is 16.7. The predicted octanol–water partition coefficient (Wildman–Crippen LogP) is 10.7. The van der Waals surface area contributed by atoms with E-state index < -0.39 is 36.3 Å². The molecule has 1 aliphatic heterocycles. The van der Waals surface area contributed by atoms with Gasteiger partial charge in [-0.05, 0) is 38.9 Å². The van der Waals surface area contributed by atoms with Crippen molar-refractivity contribution in [1.29, 1.82) is 0 Å². The second kappa shape index (κ2) is 20.3. The van der Waals surface area contributed by atoms with Crippen molar-refractivity contribution in [3.05, 3.63) is 251 Å². The fourth-order valence-electron chi connectivity index (χ4n) is 7.74. The number of ether oxygens (including phenoxy) is 6. The van der Waals surface area contributed by atoms with Crippen LogP contribution in [0.3, 0.4) is 0 Å². The van der Waals surface area contributed by atoms with E-state index in [2.05, 4.69) is 109 Å². The molecule has 0 N–H and O–H groups in total. The molecule has 59 heavy (non-hydrogen) atoms. The van der Waals surface area contributed by atoms with Gasteiger partial charge in [-0.15, -0.1) is 0 Å². The molecule has 5 atom stereocenters. The van der Waals surface area contributed by atoms with E-state index >= 15 is 0 Å². The molecule has 298 valence electrons. The zero-order chi connectivity index (χ0) is 40.0. The molecular weight excluding hydrogens is 733 g/mol. The van der Waals surface area contributed by atoms with E-state index in [0.717, 1.165) is 38.9 Å². The standard InChI is InChI=1S/C53H50O6/c1-8-22-41(23-9-1)36-54-49-48(40-58-53(45-30-16-5-17-31-45,46-32-18-6-19-33-46)47-34-20-7-21-35-47)59-52(57-39-44-28-14-4-15-29-44)51(56-38-43-26-12-3-13-27-43)50(49)55-37-42-24-10-2-11-25-42/h1-35,48-52H,36-40H2. The molecule has 0 aliphatic carbocycles. The Kier molecular flexibility index (Phi) is 13.8. The maximum absolute atomic E-state index is 7.44. The highest BCUT2D eigenvalue weighted by Crippen LogP contribution is 2.42. The van der Waals surface area contributed by atoms with Gasteiger partial charge >= 0.3 is 0 Å². The van der Waals surface area contributed by atoms with Crippen LogP contribution in [-0.4, -0.2) is 37.3 Å². The van der Waals surface area contributed by atoms with Crippen molar-refractivity contribution in [2.45, 2.75) is 62.7 Å². The lowest BCUT2D eigenvalue weighted by molar-refractivity contribution is -0.332. The van der Waals surface area contributed by atoms with Crippen LogP contribution < -0.4 is 0 Å². The van der Waals surface area contributed by atoms with Crippen LogP contribution >= 0.6 is 0 Å². The van der Waals surface area contributed by atoms with Crippen LogP contribution in [0.4, 0.5) is 0 Å². The average molecular weight is 783 g/mol. The second-order valence-electron chi connectivity index (χ2n) is 14.7. The summed E-state index contributed by atoms with van der Waals surface area (Å²) in [6.45, 7) is 1.45. The van der Waals surface area contributed by atoms with Gasteiger partial charge in [0, 0.05) is 0 Å². The van der Waals surface area contributed by atoms with Gasteiger partial charge in [-0.3, -0.25) is 0 Å². The van der Waals surface area contributed by atoms with Crippen molar-refractivity contribution in [2.24, 2.45) is 0 Å². The Morgan fingerprint density at radius 2 is 0.644 bits per heavy atom. The van der Waals surface area contributed by atoms with Crippen molar-refractivity contribution in [3.63, 3.8) is 0 Å². The van der Waals surface area contributed by atoms with E-state index in [-0.39, 0.29) is 6.61 Å². The fourth-order valence-corrected chi connectivity index (χ4v) is 7.74. The van der Waals surface area contributed by atoms with Gasteiger partial charge in [-0.1, -0.05) is 212 Å². The third-order valence-corrected chi connectivity index (χ3v) is 10.7. The monoisotopic (exact) mass is 782 g/mol. The van der Waals surface area contributed by atoms with Crippen molar-refractivity contribution >= 4 is 0 Å². The molecular formula is C53H50O6. The summed E-state index contributed by atoms with van der Waals surface area (Å²) in [6, 6.07) is 71.8. The minimum Gasteiger partial charge on any atom is -0.368 e. The number of hydrogen-bond acceptors (Lipinski definition) is 6. The molecule has 1 saturated heterocycles. The first-order chi connectivity index (χ1) is 29.3. The van der Waals surface area contributed by atoms with Gasteiger partial charge in [0.15, 0.2) is 6.29 Å². The topological polar surface area (TPSA) is 55.4 Å². The van der Waals surface area contributed by atoms with Crippen molar-refractivity contribution in [1.82, 2.24) is 0 Å². The average Bonchev–Trinajstić information content (AvgIpc) is 3.32. The fraction of sp³-hybridized carbons (Fsp3) is 0.208. The summed E-state index contributed by atoms with van der Waals surface area (Å²) in [6.07, 6.45) is -3.39. The van der Waals surface area contributed by atoms with Crippen LogP contribution in [0.15, 0.2) is 212 Å². The third-order valence-electron chi connectivity index (χ3n) is 10.7. The molecule has 8 rings (SSSR count). The first-order valence-electron chi connectivity index (χ1n) is 20.3. The van der Waals surface area contributed by atoms with Crippen LogP contribution in [0.25, 0.3) is 0 Å². The highest BCUT2D eigenvalue weighted by molar-refractivity contribution is 5.47. The Hall–Kier alpha value is -5.70. The van der Waals surface area contributed by atoms with Crippen molar-refractivity contribution < 1.29 is 28.4 Å². The van der Waals surface area contributed by atoms with Crippen molar-refractivity contribution in [2.75, 3.05) is 6.61 Å². The predicted molar refractivity (Wildman–Crippen MR) is 230 cm³/mol. The Morgan fingerprint density at radius 1 is 0.339 bits per heavy atom. The molecule has 1 fully saturated rings. The van der Waals surface area contributed by atoms with Gasteiger partial charge in [0.25, 0.3) is 0 Å². The molecule has 0 bridgehead atoms. The molecule has 0 radical (unpaired) electrons. The molecule has 0 spiro atoms. The molecule has 1 heterocycles. The smallest absolute Gasteiger partial charge is 0.187 e. The molecule has 6 nitrogen and oxygen atoms in total. The molecule has 0 amide bonds. The van der Waals surface area contributed by atoms with E-state index in [1.165, 1.54) is 0 Å². The van der Waals surface area contributed by atoms with E-state index in [9.17, 15) is 0 Å². The van der Waals surface area contributed by atoms with Crippen LogP contribution in [0.1, 0.15) is 38.9 Å². The van der Waals surface area contributed by atoms with Crippen LogP contribution in [0.5, 0.6) is 0 Å². The molecule has 7 aromatic rings.